The van der Waals surface area contributed by atoms with E-state index in [9.17, 15) is 13.2 Å². The predicted octanol–water partition coefficient (Wildman–Crippen LogP) is 3.29. The first kappa shape index (κ1) is 23.9. The van der Waals surface area contributed by atoms with Crippen molar-refractivity contribution in [2.24, 2.45) is 0 Å². The van der Waals surface area contributed by atoms with Crippen LogP contribution in [0.15, 0.2) is 83.8 Å². The summed E-state index contributed by atoms with van der Waals surface area (Å²) < 4.78 is 32.3. The number of sulfonamides is 1. The largest absolute Gasteiger partial charge is 0.378 e. The number of anilines is 1. The Morgan fingerprint density at radius 3 is 2.00 bits per heavy atom. The van der Waals surface area contributed by atoms with Crippen LogP contribution in [0.1, 0.15) is 27.5 Å². The molecule has 1 heterocycles. The third kappa shape index (κ3) is 5.14. The molecule has 4 rings (SSSR count). The third-order valence-electron chi connectivity index (χ3n) is 5.88. The van der Waals surface area contributed by atoms with Gasteiger partial charge in [-0.3, -0.25) is 4.79 Å². The number of amides is 1. The Hall–Kier alpha value is -3.20. The number of carbonyl (C=O) groups excluding carboxylic acids is 1. The Morgan fingerprint density at radius 2 is 1.47 bits per heavy atom. The van der Waals surface area contributed by atoms with Crippen molar-refractivity contribution in [1.82, 2.24) is 9.62 Å². The fourth-order valence-electron chi connectivity index (χ4n) is 4.01. The van der Waals surface area contributed by atoms with Crippen LogP contribution in [0.4, 0.5) is 5.69 Å². The lowest BCUT2D eigenvalue weighted by atomic mass is 9.98. The van der Waals surface area contributed by atoms with E-state index < -0.39 is 10.0 Å². The highest BCUT2D eigenvalue weighted by atomic mass is 32.2. The summed E-state index contributed by atoms with van der Waals surface area (Å²) in [6.45, 7) is 2.35. The molecule has 0 saturated carbocycles. The van der Waals surface area contributed by atoms with Gasteiger partial charge in [0.25, 0.3) is 5.91 Å². The minimum Gasteiger partial charge on any atom is -0.378 e. The Balaban J connectivity index is 1.76. The van der Waals surface area contributed by atoms with Crippen LogP contribution in [-0.2, 0) is 14.8 Å². The molecule has 0 unspecified atom stereocenters. The number of rotatable bonds is 7. The fraction of sp³-hybridized carbons (Fsp3) is 0.269. The SMILES string of the molecule is CN(C)S(=O)(=O)c1ccc(N2CCOCC2)c(C(=O)NC(c2ccccc2)c2ccccc2)c1. The van der Waals surface area contributed by atoms with E-state index in [1.165, 1.54) is 20.2 Å². The van der Waals surface area contributed by atoms with E-state index in [1.807, 2.05) is 60.7 Å². The highest BCUT2D eigenvalue weighted by molar-refractivity contribution is 7.89. The summed E-state index contributed by atoms with van der Waals surface area (Å²) in [5, 5.41) is 3.15. The van der Waals surface area contributed by atoms with Crippen molar-refractivity contribution in [3.63, 3.8) is 0 Å². The van der Waals surface area contributed by atoms with Crippen LogP contribution in [0.3, 0.4) is 0 Å². The average molecular weight is 480 g/mol. The highest BCUT2D eigenvalue weighted by Gasteiger charge is 2.26. The number of nitrogens with zero attached hydrogens (tertiary/aromatic N) is 2. The summed E-state index contributed by atoms with van der Waals surface area (Å²) in [6.07, 6.45) is 0. The molecule has 34 heavy (non-hydrogen) atoms. The molecule has 0 atom stereocenters. The number of morpholine rings is 1. The summed E-state index contributed by atoms with van der Waals surface area (Å²) in [5.41, 5.74) is 2.89. The standard InChI is InChI=1S/C26H29N3O4S/c1-28(2)34(31,32)22-13-14-24(29-15-17-33-18-16-29)23(19-22)26(30)27-25(20-9-5-3-6-10-20)21-11-7-4-8-12-21/h3-14,19,25H,15-18H2,1-2H3,(H,27,30). The van der Waals surface area contributed by atoms with Gasteiger partial charge in [0.15, 0.2) is 0 Å². The molecule has 0 aromatic heterocycles. The van der Waals surface area contributed by atoms with Crippen LogP contribution in [-0.4, -0.2) is 59.0 Å². The van der Waals surface area contributed by atoms with Crippen LogP contribution in [0.5, 0.6) is 0 Å². The molecule has 0 aliphatic carbocycles. The Kier molecular flexibility index (Phi) is 7.31. The highest BCUT2D eigenvalue weighted by Crippen LogP contribution is 2.28. The number of ether oxygens (including phenoxy) is 1. The molecule has 0 bridgehead atoms. The predicted molar refractivity (Wildman–Crippen MR) is 133 cm³/mol. The first-order valence-corrected chi connectivity index (χ1v) is 12.6. The molecular formula is C26H29N3O4S. The quantitative estimate of drug-likeness (QED) is 0.563. The monoisotopic (exact) mass is 479 g/mol. The van der Waals surface area contributed by atoms with Crippen molar-refractivity contribution in [3.8, 4) is 0 Å². The summed E-state index contributed by atoms with van der Waals surface area (Å²) in [7, 11) is -0.747. The maximum atomic E-state index is 13.7. The van der Waals surface area contributed by atoms with Crippen molar-refractivity contribution >= 4 is 21.6 Å². The summed E-state index contributed by atoms with van der Waals surface area (Å²) in [6, 6.07) is 23.8. The van der Waals surface area contributed by atoms with E-state index in [1.54, 1.807) is 12.1 Å². The van der Waals surface area contributed by atoms with Gasteiger partial charge in [0.2, 0.25) is 10.0 Å². The fourth-order valence-corrected chi connectivity index (χ4v) is 4.94. The van der Waals surface area contributed by atoms with E-state index in [4.69, 9.17) is 4.74 Å². The van der Waals surface area contributed by atoms with Crippen LogP contribution in [0.2, 0.25) is 0 Å². The molecule has 0 spiro atoms. The molecule has 0 radical (unpaired) electrons. The zero-order chi connectivity index (χ0) is 24.1. The molecule has 3 aromatic rings. The second-order valence-electron chi connectivity index (χ2n) is 8.29. The topological polar surface area (TPSA) is 79.0 Å². The summed E-state index contributed by atoms with van der Waals surface area (Å²) in [5.74, 6) is -0.338. The normalized spacial score (nSPS) is 14.4. The van der Waals surface area contributed by atoms with E-state index in [0.717, 1.165) is 15.4 Å². The molecule has 8 heteroatoms. The van der Waals surface area contributed by atoms with Crippen molar-refractivity contribution in [2.45, 2.75) is 10.9 Å². The lowest BCUT2D eigenvalue weighted by Gasteiger charge is -2.31. The van der Waals surface area contributed by atoms with E-state index in [2.05, 4.69) is 10.2 Å². The molecule has 1 N–H and O–H groups in total. The van der Waals surface area contributed by atoms with Gasteiger partial charge in [-0.15, -0.1) is 0 Å². The molecule has 178 valence electrons. The lowest BCUT2D eigenvalue weighted by Crippen LogP contribution is -2.38. The zero-order valence-corrected chi connectivity index (χ0v) is 20.2. The van der Waals surface area contributed by atoms with Crippen LogP contribution in [0, 0.1) is 0 Å². The molecular weight excluding hydrogens is 450 g/mol. The van der Waals surface area contributed by atoms with Crippen molar-refractivity contribution in [3.05, 3.63) is 95.6 Å². The number of hydrogen-bond donors (Lipinski definition) is 1. The van der Waals surface area contributed by atoms with Gasteiger partial charge in [-0.2, -0.15) is 0 Å². The molecule has 1 saturated heterocycles. The molecule has 3 aromatic carbocycles. The van der Waals surface area contributed by atoms with E-state index >= 15 is 0 Å². The van der Waals surface area contributed by atoms with Crippen molar-refractivity contribution < 1.29 is 17.9 Å². The maximum absolute atomic E-state index is 13.7. The number of carbonyl (C=O) groups is 1. The Labute approximate surface area is 201 Å². The first-order chi connectivity index (χ1) is 16.4. The molecule has 1 amide bonds. The molecule has 1 fully saturated rings. The molecule has 7 nitrogen and oxygen atoms in total. The second-order valence-corrected chi connectivity index (χ2v) is 10.4. The Morgan fingerprint density at radius 1 is 0.912 bits per heavy atom. The van der Waals surface area contributed by atoms with Gasteiger partial charge in [0.05, 0.1) is 29.7 Å². The van der Waals surface area contributed by atoms with Crippen LogP contribution < -0.4 is 10.2 Å². The van der Waals surface area contributed by atoms with Gasteiger partial charge in [-0.05, 0) is 29.3 Å². The van der Waals surface area contributed by atoms with Gasteiger partial charge in [-0.1, -0.05) is 60.7 Å². The van der Waals surface area contributed by atoms with E-state index in [-0.39, 0.29) is 16.8 Å². The first-order valence-electron chi connectivity index (χ1n) is 11.2. The zero-order valence-electron chi connectivity index (χ0n) is 19.3. The number of benzene rings is 3. The van der Waals surface area contributed by atoms with Crippen molar-refractivity contribution in [2.75, 3.05) is 45.3 Å². The third-order valence-corrected chi connectivity index (χ3v) is 7.70. The minimum atomic E-state index is -3.70. The van der Waals surface area contributed by atoms with Gasteiger partial charge in [0.1, 0.15) is 0 Å². The number of hydrogen-bond acceptors (Lipinski definition) is 5. The summed E-state index contributed by atoms with van der Waals surface area (Å²) >= 11 is 0. The Bertz CT molecular complexity index is 1190. The van der Waals surface area contributed by atoms with Gasteiger partial charge < -0.3 is 15.0 Å². The molecule has 1 aliphatic heterocycles. The second kappa shape index (κ2) is 10.4. The summed E-state index contributed by atoms with van der Waals surface area (Å²) in [4.78, 5) is 15.9. The maximum Gasteiger partial charge on any atom is 0.254 e. The smallest absolute Gasteiger partial charge is 0.254 e. The molecule has 1 aliphatic rings. The lowest BCUT2D eigenvalue weighted by molar-refractivity contribution is 0.0941. The average Bonchev–Trinajstić information content (AvgIpc) is 2.88. The van der Waals surface area contributed by atoms with Crippen LogP contribution in [0.25, 0.3) is 0 Å². The van der Waals surface area contributed by atoms with Gasteiger partial charge >= 0.3 is 0 Å². The number of nitrogens with one attached hydrogen (secondary N) is 1. The van der Waals surface area contributed by atoms with E-state index in [0.29, 0.717) is 37.6 Å². The van der Waals surface area contributed by atoms with Gasteiger partial charge in [-0.25, -0.2) is 12.7 Å². The minimum absolute atomic E-state index is 0.0793. The van der Waals surface area contributed by atoms with Crippen molar-refractivity contribution in [1.29, 1.82) is 0 Å². The van der Waals surface area contributed by atoms with Crippen LogP contribution >= 0.6 is 0 Å². The van der Waals surface area contributed by atoms with Gasteiger partial charge in [0, 0.05) is 32.9 Å².